The molecule has 0 saturated carbocycles. The maximum Gasteiger partial charge on any atom is 0.229 e. The van der Waals surface area contributed by atoms with Crippen LogP contribution in [0.2, 0.25) is 0 Å². The van der Waals surface area contributed by atoms with Gasteiger partial charge >= 0.3 is 0 Å². The fourth-order valence-corrected chi connectivity index (χ4v) is 2.05. The fourth-order valence-electron chi connectivity index (χ4n) is 2.05. The van der Waals surface area contributed by atoms with Gasteiger partial charge in [0.1, 0.15) is 0 Å². The third-order valence-corrected chi connectivity index (χ3v) is 3.27. The van der Waals surface area contributed by atoms with E-state index in [1.165, 1.54) is 0 Å². The molecule has 1 atom stereocenters. The number of nitrogens with two attached hydrogens (primary N) is 1. The lowest BCUT2D eigenvalue weighted by molar-refractivity contribution is -0.122. The SMILES string of the molecule is CCCCC(CC)C(=O)N(C)c1ccncc1N. The lowest BCUT2D eigenvalue weighted by Crippen LogP contribution is -2.33. The zero-order chi connectivity index (χ0) is 13.5. The molecule has 0 aliphatic rings. The molecule has 0 bridgehead atoms. The molecular formula is C14H23N3O. The molecule has 1 aromatic rings. The first-order valence-corrected chi connectivity index (χ1v) is 6.58. The van der Waals surface area contributed by atoms with E-state index in [9.17, 15) is 4.79 Å². The van der Waals surface area contributed by atoms with Gasteiger partial charge in [-0.3, -0.25) is 9.78 Å². The van der Waals surface area contributed by atoms with E-state index in [-0.39, 0.29) is 11.8 Å². The fraction of sp³-hybridized carbons (Fsp3) is 0.571. The van der Waals surface area contributed by atoms with E-state index < -0.39 is 0 Å². The third kappa shape index (κ3) is 3.45. The highest BCUT2D eigenvalue weighted by Crippen LogP contribution is 2.24. The van der Waals surface area contributed by atoms with Crippen molar-refractivity contribution >= 4 is 17.3 Å². The summed E-state index contributed by atoms with van der Waals surface area (Å²) in [6.45, 7) is 4.20. The molecule has 0 aliphatic carbocycles. The number of unbranched alkanes of at least 4 members (excludes halogenated alkanes) is 1. The number of nitrogen functional groups attached to an aromatic ring is 1. The summed E-state index contributed by atoms with van der Waals surface area (Å²) in [6, 6.07) is 1.78. The average Bonchev–Trinajstić information content (AvgIpc) is 2.39. The Kier molecular flexibility index (Phi) is 5.62. The van der Waals surface area contributed by atoms with Gasteiger partial charge < -0.3 is 10.6 Å². The molecule has 1 rings (SSSR count). The Bertz CT molecular complexity index is 392. The molecule has 0 spiro atoms. The van der Waals surface area contributed by atoms with Crippen LogP contribution in [0, 0.1) is 5.92 Å². The van der Waals surface area contributed by atoms with E-state index in [0.717, 1.165) is 31.4 Å². The van der Waals surface area contributed by atoms with Gasteiger partial charge in [0.05, 0.1) is 17.6 Å². The Morgan fingerprint density at radius 3 is 2.78 bits per heavy atom. The van der Waals surface area contributed by atoms with Gasteiger partial charge in [0.2, 0.25) is 5.91 Å². The number of rotatable bonds is 6. The molecular weight excluding hydrogens is 226 g/mol. The first kappa shape index (κ1) is 14.5. The van der Waals surface area contributed by atoms with Crippen molar-refractivity contribution in [1.29, 1.82) is 0 Å². The molecule has 4 nitrogen and oxygen atoms in total. The second-order valence-corrected chi connectivity index (χ2v) is 4.58. The van der Waals surface area contributed by atoms with Crippen molar-refractivity contribution in [3.8, 4) is 0 Å². The summed E-state index contributed by atoms with van der Waals surface area (Å²) < 4.78 is 0. The summed E-state index contributed by atoms with van der Waals surface area (Å²) in [4.78, 5) is 18.0. The minimum absolute atomic E-state index is 0.0857. The Morgan fingerprint density at radius 1 is 1.50 bits per heavy atom. The van der Waals surface area contributed by atoms with Crippen molar-refractivity contribution in [2.45, 2.75) is 39.5 Å². The largest absolute Gasteiger partial charge is 0.396 e. The predicted molar refractivity (Wildman–Crippen MR) is 75.4 cm³/mol. The molecule has 0 aliphatic heterocycles. The van der Waals surface area contributed by atoms with Crippen molar-refractivity contribution < 1.29 is 4.79 Å². The first-order valence-electron chi connectivity index (χ1n) is 6.58. The van der Waals surface area contributed by atoms with Gasteiger partial charge in [-0.2, -0.15) is 0 Å². The second-order valence-electron chi connectivity index (χ2n) is 4.58. The van der Waals surface area contributed by atoms with E-state index >= 15 is 0 Å². The van der Waals surface area contributed by atoms with Crippen LogP contribution >= 0.6 is 0 Å². The van der Waals surface area contributed by atoms with Crippen molar-refractivity contribution in [3.63, 3.8) is 0 Å². The van der Waals surface area contributed by atoms with Gasteiger partial charge in [-0.25, -0.2) is 0 Å². The molecule has 100 valence electrons. The zero-order valence-electron chi connectivity index (χ0n) is 11.5. The average molecular weight is 249 g/mol. The van der Waals surface area contributed by atoms with E-state index in [0.29, 0.717) is 5.69 Å². The smallest absolute Gasteiger partial charge is 0.229 e. The Labute approximate surface area is 109 Å². The Balaban J connectivity index is 2.79. The summed E-state index contributed by atoms with van der Waals surface area (Å²) >= 11 is 0. The van der Waals surface area contributed by atoms with Crippen LogP contribution in [0.15, 0.2) is 18.5 Å². The number of aromatic nitrogens is 1. The van der Waals surface area contributed by atoms with Gasteiger partial charge in [-0.1, -0.05) is 26.7 Å². The number of hydrogen-bond donors (Lipinski definition) is 1. The number of nitrogens with zero attached hydrogens (tertiary/aromatic N) is 2. The summed E-state index contributed by atoms with van der Waals surface area (Å²) in [5.41, 5.74) is 7.13. The molecule has 0 radical (unpaired) electrons. The first-order chi connectivity index (χ1) is 8.61. The quantitative estimate of drug-likeness (QED) is 0.843. The number of anilines is 2. The number of carbonyl (C=O) groups is 1. The highest BCUT2D eigenvalue weighted by atomic mass is 16.2. The van der Waals surface area contributed by atoms with Crippen molar-refractivity contribution in [3.05, 3.63) is 18.5 Å². The number of amides is 1. The molecule has 1 amide bonds. The lowest BCUT2D eigenvalue weighted by Gasteiger charge is -2.24. The number of pyridine rings is 1. The normalized spacial score (nSPS) is 12.2. The predicted octanol–water partition coefficient (Wildman–Crippen LogP) is 2.84. The van der Waals surface area contributed by atoms with Gasteiger partial charge in [0.15, 0.2) is 0 Å². The lowest BCUT2D eigenvalue weighted by atomic mass is 9.97. The Hall–Kier alpha value is -1.58. The van der Waals surface area contributed by atoms with Crippen LogP contribution < -0.4 is 10.6 Å². The third-order valence-electron chi connectivity index (χ3n) is 3.27. The van der Waals surface area contributed by atoms with Crippen LogP contribution in [0.1, 0.15) is 39.5 Å². The maximum atomic E-state index is 12.4. The van der Waals surface area contributed by atoms with Gasteiger partial charge in [-0.15, -0.1) is 0 Å². The van der Waals surface area contributed by atoms with E-state index in [1.807, 2.05) is 0 Å². The summed E-state index contributed by atoms with van der Waals surface area (Å²) in [5, 5.41) is 0. The monoisotopic (exact) mass is 249 g/mol. The molecule has 4 heteroatoms. The molecule has 18 heavy (non-hydrogen) atoms. The maximum absolute atomic E-state index is 12.4. The molecule has 2 N–H and O–H groups in total. The zero-order valence-corrected chi connectivity index (χ0v) is 11.5. The Morgan fingerprint density at radius 2 is 2.22 bits per heavy atom. The van der Waals surface area contributed by atoms with Gasteiger partial charge in [0, 0.05) is 19.2 Å². The van der Waals surface area contributed by atoms with Crippen LogP contribution in [-0.4, -0.2) is 17.9 Å². The van der Waals surface area contributed by atoms with Crippen LogP contribution in [0.5, 0.6) is 0 Å². The van der Waals surface area contributed by atoms with Crippen molar-refractivity contribution in [2.24, 2.45) is 5.92 Å². The topological polar surface area (TPSA) is 59.2 Å². The molecule has 0 saturated heterocycles. The van der Waals surface area contributed by atoms with E-state index in [1.54, 1.807) is 30.4 Å². The number of carbonyl (C=O) groups excluding carboxylic acids is 1. The van der Waals surface area contributed by atoms with E-state index in [4.69, 9.17) is 5.73 Å². The second kappa shape index (κ2) is 6.99. The highest BCUT2D eigenvalue weighted by molar-refractivity contribution is 5.97. The van der Waals surface area contributed by atoms with Crippen LogP contribution in [0.4, 0.5) is 11.4 Å². The van der Waals surface area contributed by atoms with Crippen LogP contribution in [0.3, 0.4) is 0 Å². The van der Waals surface area contributed by atoms with Crippen molar-refractivity contribution in [2.75, 3.05) is 17.7 Å². The standard InChI is InChI=1S/C14H23N3O/c1-4-6-7-11(5-2)14(18)17(3)13-8-9-16-10-12(13)15/h8-11H,4-7,15H2,1-3H3. The summed E-state index contributed by atoms with van der Waals surface area (Å²) in [7, 11) is 1.78. The molecule has 0 aromatic carbocycles. The van der Waals surface area contributed by atoms with Crippen molar-refractivity contribution in [1.82, 2.24) is 4.98 Å². The molecule has 1 heterocycles. The van der Waals surface area contributed by atoms with Crippen LogP contribution in [-0.2, 0) is 4.79 Å². The highest BCUT2D eigenvalue weighted by Gasteiger charge is 2.21. The summed E-state index contributed by atoms with van der Waals surface area (Å²) in [5.74, 6) is 0.228. The number of hydrogen-bond acceptors (Lipinski definition) is 3. The van der Waals surface area contributed by atoms with Gasteiger partial charge in [0.25, 0.3) is 0 Å². The molecule has 0 fully saturated rings. The minimum atomic E-state index is 0.0857. The van der Waals surface area contributed by atoms with E-state index in [2.05, 4.69) is 18.8 Å². The molecule has 1 aromatic heterocycles. The summed E-state index contributed by atoms with van der Waals surface area (Å²) in [6.07, 6.45) is 7.25. The minimum Gasteiger partial charge on any atom is -0.396 e. The molecule has 1 unspecified atom stereocenters. The van der Waals surface area contributed by atoms with Crippen LogP contribution in [0.25, 0.3) is 0 Å². The van der Waals surface area contributed by atoms with Gasteiger partial charge in [-0.05, 0) is 18.9 Å².